The first kappa shape index (κ1) is 14.0. The molecule has 0 aliphatic heterocycles. The summed E-state index contributed by atoms with van der Waals surface area (Å²) >= 11 is 0. The molecule has 0 spiro atoms. The molecule has 0 aliphatic rings. The highest BCUT2D eigenvalue weighted by atomic mass is 16.5. The maximum Gasteiger partial charge on any atom is 0.140 e. The zero-order chi connectivity index (χ0) is 12.3. The molecule has 3 heteroatoms. The van der Waals surface area contributed by atoms with Crippen LogP contribution in [0, 0.1) is 6.92 Å². The van der Waals surface area contributed by atoms with Gasteiger partial charge in [-0.3, -0.25) is 4.98 Å². The van der Waals surface area contributed by atoms with Gasteiger partial charge in [-0.1, -0.05) is 6.92 Å². The zero-order valence-corrected chi connectivity index (χ0v) is 11.0. The fourth-order valence-corrected chi connectivity index (χ4v) is 1.63. The number of nitrogens with zero attached hydrogens (tertiary/aromatic N) is 1. The van der Waals surface area contributed by atoms with Crippen LogP contribution in [0.2, 0.25) is 0 Å². The third-order valence-corrected chi connectivity index (χ3v) is 2.64. The number of hydrogen-bond donors (Lipinski definition) is 1. The molecule has 0 radical (unpaired) electrons. The van der Waals surface area contributed by atoms with Crippen LogP contribution >= 0.6 is 0 Å². The average Bonchev–Trinajstić information content (AvgIpc) is 2.35. The van der Waals surface area contributed by atoms with E-state index < -0.39 is 0 Å². The molecular formula is C14H24N2O. The number of aromatic nitrogens is 1. The highest BCUT2D eigenvalue weighted by Gasteiger charge is 1.98. The van der Waals surface area contributed by atoms with Crippen LogP contribution in [0.1, 0.15) is 38.3 Å². The van der Waals surface area contributed by atoms with Crippen LogP contribution in [0.5, 0.6) is 5.75 Å². The number of hydrogen-bond acceptors (Lipinski definition) is 3. The van der Waals surface area contributed by atoms with Gasteiger partial charge in [0.2, 0.25) is 0 Å². The van der Waals surface area contributed by atoms with Gasteiger partial charge in [0.05, 0.1) is 12.3 Å². The van der Waals surface area contributed by atoms with Crippen molar-refractivity contribution in [2.24, 2.45) is 0 Å². The van der Waals surface area contributed by atoms with Gasteiger partial charge in [-0.25, -0.2) is 0 Å². The molecule has 0 atom stereocenters. The maximum atomic E-state index is 5.68. The van der Waals surface area contributed by atoms with Gasteiger partial charge in [0.15, 0.2) is 0 Å². The second-order valence-corrected chi connectivity index (χ2v) is 4.25. The molecule has 0 aliphatic carbocycles. The summed E-state index contributed by atoms with van der Waals surface area (Å²) in [4.78, 5) is 4.19. The largest absolute Gasteiger partial charge is 0.492 e. The molecule has 1 heterocycles. The van der Waals surface area contributed by atoms with Crippen molar-refractivity contribution in [3.8, 4) is 5.75 Å². The summed E-state index contributed by atoms with van der Waals surface area (Å²) in [6, 6.07) is 3.89. The summed E-state index contributed by atoms with van der Waals surface area (Å²) in [5.41, 5.74) is 0.970. The van der Waals surface area contributed by atoms with Crippen molar-refractivity contribution in [2.45, 2.75) is 39.5 Å². The van der Waals surface area contributed by atoms with E-state index in [0.717, 1.165) is 37.6 Å². The lowest BCUT2D eigenvalue weighted by molar-refractivity contribution is 0.301. The fraction of sp³-hybridized carbons (Fsp3) is 0.643. The van der Waals surface area contributed by atoms with Crippen molar-refractivity contribution in [1.29, 1.82) is 0 Å². The summed E-state index contributed by atoms with van der Waals surface area (Å²) in [5.74, 6) is 0.914. The van der Waals surface area contributed by atoms with Crippen LogP contribution in [-0.4, -0.2) is 24.7 Å². The predicted octanol–water partition coefficient (Wildman–Crippen LogP) is 2.94. The van der Waals surface area contributed by atoms with Gasteiger partial charge in [0.25, 0.3) is 0 Å². The molecule has 1 aromatic heterocycles. The molecule has 1 N–H and O–H groups in total. The number of nitrogens with one attached hydrogen (secondary N) is 1. The molecule has 0 bridgehead atoms. The Hall–Kier alpha value is -1.09. The molecule has 0 amide bonds. The third kappa shape index (κ3) is 6.27. The summed E-state index contributed by atoms with van der Waals surface area (Å²) in [5, 5.41) is 3.40. The van der Waals surface area contributed by atoms with Crippen molar-refractivity contribution >= 4 is 0 Å². The predicted molar refractivity (Wildman–Crippen MR) is 71.5 cm³/mol. The summed E-state index contributed by atoms with van der Waals surface area (Å²) in [7, 11) is 0. The van der Waals surface area contributed by atoms with Gasteiger partial charge in [0.1, 0.15) is 5.75 Å². The minimum Gasteiger partial charge on any atom is -0.492 e. The highest BCUT2D eigenvalue weighted by molar-refractivity contribution is 5.25. The van der Waals surface area contributed by atoms with E-state index in [1.165, 1.54) is 19.3 Å². The lowest BCUT2D eigenvalue weighted by atomic mass is 10.2. The van der Waals surface area contributed by atoms with Crippen LogP contribution in [0.3, 0.4) is 0 Å². The van der Waals surface area contributed by atoms with Gasteiger partial charge in [-0.05, 0) is 57.8 Å². The standard InChI is InChI=1S/C14H24N2O/c1-3-9-15-10-5-4-6-12-17-14-8-7-11-16-13(14)2/h7-8,11,15H,3-6,9-10,12H2,1-2H3. The summed E-state index contributed by atoms with van der Waals surface area (Å²) in [6.45, 7) is 7.21. The van der Waals surface area contributed by atoms with Gasteiger partial charge in [-0.2, -0.15) is 0 Å². The van der Waals surface area contributed by atoms with Crippen molar-refractivity contribution in [3.63, 3.8) is 0 Å². The minimum atomic E-state index is 0.792. The second-order valence-electron chi connectivity index (χ2n) is 4.25. The van der Waals surface area contributed by atoms with Crippen LogP contribution in [0.15, 0.2) is 18.3 Å². The summed E-state index contributed by atoms with van der Waals surface area (Å²) in [6.07, 6.45) is 6.57. The molecule has 1 rings (SSSR count). The Morgan fingerprint density at radius 1 is 1.24 bits per heavy atom. The number of unbranched alkanes of at least 4 members (excludes halogenated alkanes) is 2. The quantitative estimate of drug-likeness (QED) is 0.669. The van der Waals surface area contributed by atoms with Crippen LogP contribution in [0.4, 0.5) is 0 Å². The summed E-state index contributed by atoms with van der Waals surface area (Å²) < 4.78 is 5.68. The molecule has 0 saturated carbocycles. The lowest BCUT2D eigenvalue weighted by Crippen LogP contribution is -2.15. The van der Waals surface area contributed by atoms with E-state index >= 15 is 0 Å². The van der Waals surface area contributed by atoms with Crippen molar-refractivity contribution in [3.05, 3.63) is 24.0 Å². The van der Waals surface area contributed by atoms with Gasteiger partial charge < -0.3 is 10.1 Å². The van der Waals surface area contributed by atoms with Crippen molar-refractivity contribution in [2.75, 3.05) is 19.7 Å². The molecular weight excluding hydrogens is 212 g/mol. The number of pyridine rings is 1. The van der Waals surface area contributed by atoms with Gasteiger partial charge in [-0.15, -0.1) is 0 Å². The van der Waals surface area contributed by atoms with E-state index in [2.05, 4.69) is 17.2 Å². The first-order valence-corrected chi connectivity index (χ1v) is 6.59. The Kier molecular flexibility index (Phi) is 7.39. The normalized spacial score (nSPS) is 10.5. The van der Waals surface area contributed by atoms with Gasteiger partial charge in [0, 0.05) is 6.20 Å². The van der Waals surface area contributed by atoms with E-state index in [1.54, 1.807) is 6.20 Å². The molecule has 0 aromatic carbocycles. The van der Waals surface area contributed by atoms with Crippen LogP contribution in [-0.2, 0) is 0 Å². The number of aryl methyl sites for hydroxylation is 1. The Labute approximate surface area is 105 Å². The molecule has 0 fully saturated rings. The van der Waals surface area contributed by atoms with E-state index in [-0.39, 0.29) is 0 Å². The maximum absolute atomic E-state index is 5.68. The molecule has 0 unspecified atom stereocenters. The monoisotopic (exact) mass is 236 g/mol. The van der Waals surface area contributed by atoms with Crippen molar-refractivity contribution in [1.82, 2.24) is 10.3 Å². The first-order chi connectivity index (χ1) is 8.34. The van der Waals surface area contributed by atoms with Crippen LogP contribution in [0.25, 0.3) is 0 Å². The third-order valence-electron chi connectivity index (χ3n) is 2.64. The SMILES string of the molecule is CCCNCCCCCOc1cccnc1C. The van der Waals surface area contributed by atoms with Crippen LogP contribution < -0.4 is 10.1 Å². The highest BCUT2D eigenvalue weighted by Crippen LogP contribution is 2.13. The first-order valence-electron chi connectivity index (χ1n) is 6.59. The zero-order valence-electron chi connectivity index (χ0n) is 11.0. The lowest BCUT2D eigenvalue weighted by Gasteiger charge is -2.08. The molecule has 0 saturated heterocycles. The van der Waals surface area contributed by atoms with Gasteiger partial charge >= 0.3 is 0 Å². The van der Waals surface area contributed by atoms with E-state index in [9.17, 15) is 0 Å². The second kappa shape index (κ2) is 8.99. The Bertz CT molecular complexity index is 302. The molecule has 1 aromatic rings. The smallest absolute Gasteiger partial charge is 0.140 e. The van der Waals surface area contributed by atoms with E-state index in [1.807, 2.05) is 19.1 Å². The topological polar surface area (TPSA) is 34.1 Å². The Balaban J connectivity index is 1.99. The Morgan fingerprint density at radius 3 is 2.88 bits per heavy atom. The van der Waals surface area contributed by atoms with E-state index in [4.69, 9.17) is 4.74 Å². The molecule has 3 nitrogen and oxygen atoms in total. The number of rotatable bonds is 9. The number of ether oxygens (including phenoxy) is 1. The minimum absolute atomic E-state index is 0.792. The van der Waals surface area contributed by atoms with Crippen molar-refractivity contribution < 1.29 is 4.74 Å². The average molecular weight is 236 g/mol. The Morgan fingerprint density at radius 2 is 2.12 bits per heavy atom. The van der Waals surface area contributed by atoms with E-state index in [0.29, 0.717) is 0 Å². The molecule has 96 valence electrons. The fourth-order valence-electron chi connectivity index (χ4n) is 1.63. The molecule has 17 heavy (non-hydrogen) atoms.